The molecule has 0 bridgehead atoms. The maximum absolute atomic E-state index is 10.7. The summed E-state index contributed by atoms with van der Waals surface area (Å²) in [6.45, 7) is 3.47. The fourth-order valence-electron chi connectivity index (χ4n) is 1.38. The first kappa shape index (κ1) is 10.7. The van der Waals surface area contributed by atoms with E-state index in [9.17, 15) is 4.79 Å². The zero-order valence-electron chi connectivity index (χ0n) is 8.32. The maximum Gasteiger partial charge on any atom is 0.310 e. The van der Waals surface area contributed by atoms with Gasteiger partial charge in [0.05, 0.1) is 12.5 Å². The molecule has 3 heteroatoms. The number of carboxylic acid groups (broad SMARTS) is 1. The number of hydrogen-bond donors (Lipinski definition) is 2. The molecule has 1 atom stereocenters. The molecule has 76 valence electrons. The summed E-state index contributed by atoms with van der Waals surface area (Å²) in [6, 6.07) is 5.40. The van der Waals surface area contributed by atoms with Crippen molar-refractivity contribution in [1.29, 1.82) is 0 Å². The van der Waals surface area contributed by atoms with Gasteiger partial charge in [-0.1, -0.05) is 23.8 Å². The summed E-state index contributed by atoms with van der Waals surface area (Å²) >= 11 is 0. The highest BCUT2D eigenvalue weighted by Crippen LogP contribution is 2.19. The molecule has 1 unspecified atom stereocenters. The van der Waals surface area contributed by atoms with Crippen molar-refractivity contribution >= 4 is 5.97 Å². The van der Waals surface area contributed by atoms with E-state index in [1.54, 1.807) is 13.0 Å². The fourth-order valence-corrected chi connectivity index (χ4v) is 1.38. The Morgan fingerprint density at radius 1 is 1.43 bits per heavy atom. The second-order valence-electron chi connectivity index (χ2n) is 3.47. The van der Waals surface area contributed by atoms with Crippen molar-refractivity contribution in [3.05, 3.63) is 34.9 Å². The van der Waals surface area contributed by atoms with Crippen LogP contribution >= 0.6 is 0 Å². The third-order valence-electron chi connectivity index (χ3n) is 2.21. The van der Waals surface area contributed by atoms with E-state index in [1.165, 1.54) is 0 Å². The Labute approximate surface area is 83.0 Å². The lowest BCUT2D eigenvalue weighted by Crippen LogP contribution is -2.08. The standard InChI is InChI=1S/C11H14O3/c1-7-3-9(6-12)5-10(4-7)8(2)11(13)14/h3-5,8,12H,6H2,1-2H3,(H,13,14). The minimum absolute atomic E-state index is 0.0545. The van der Waals surface area contributed by atoms with E-state index in [0.29, 0.717) is 0 Å². The van der Waals surface area contributed by atoms with Gasteiger partial charge in [-0.2, -0.15) is 0 Å². The minimum Gasteiger partial charge on any atom is -0.481 e. The largest absolute Gasteiger partial charge is 0.481 e. The second-order valence-corrected chi connectivity index (χ2v) is 3.47. The Balaban J connectivity index is 3.08. The molecule has 3 nitrogen and oxygen atoms in total. The monoisotopic (exact) mass is 194 g/mol. The zero-order chi connectivity index (χ0) is 10.7. The van der Waals surface area contributed by atoms with Crippen LogP contribution < -0.4 is 0 Å². The Morgan fingerprint density at radius 3 is 2.57 bits per heavy atom. The van der Waals surface area contributed by atoms with Gasteiger partial charge in [0.15, 0.2) is 0 Å². The summed E-state index contributed by atoms with van der Waals surface area (Å²) in [7, 11) is 0. The van der Waals surface area contributed by atoms with Gasteiger partial charge in [-0.05, 0) is 25.0 Å². The Bertz CT molecular complexity index is 344. The molecule has 1 aromatic carbocycles. The van der Waals surface area contributed by atoms with Gasteiger partial charge >= 0.3 is 5.97 Å². The highest BCUT2D eigenvalue weighted by Gasteiger charge is 2.14. The van der Waals surface area contributed by atoms with Crippen LogP contribution in [0.25, 0.3) is 0 Å². The molecule has 1 rings (SSSR count). The molecule has 0 heterocycles. The van der Waals surface area contributed by atoms with Crippen LogP contribution in [-0.2, 0) is 11.4 Å². The molecule has 1 aromatic rings. The van der Waals surface area contributed by atoms with Crippen molar-refractivity contribution in [3.8, 4) is 0 Å². The summed E-state index contributed by atoms with van der Waals surface area (Å²) in [5.74, 6) is -1.38. The topological polar surface area (TPSA) is 57.5 Å². The molecule has 0 saturated carbocycles. The van der Waals surface area contributed by atoms with Crippen molar-refractivity contribution in [1.82, 2.24) is 0 Å². The lowest BCUT2D eigenvalue weighted by molar-refractivity contribution is -0.138. The van der Waals surface area contributed by atoms with Gasteiger partial charge in [0.25, 0.3) is 0 Å². The molecule has 14 heavy (non-hydrogen) atoms. The molecule has 0 aliphatic carbocycles. The van der Waals surface area contributed by atoms with Gasteiger partial charge < -0.3 is 10.2 Å². The van der Waals surface area contributed by atoms with Gasteiger partial charge in [-0.15, -0.1) is 0 Å². The van der Waals surface area contributed by atoms with Crippen molar-refractivity contribution in [2.24, 2.45) is 0 Å². The van der Waals surface area contributed by atoms with E-state index in [1.807, 2.05) is 19.1 Å². The highest BCUT2D eigenvalue weighted by molar-refractivity contribution is 5.75. The molecule has 0 aliphatic rings. The van der Waals surface area contributed by atoms with Crippen molar-refractivity contribution < 1.29 is 15.0 Å². The smallest absolute Gasteiger partial charge is 0.310 e. The van der Waals surface area contributed by atoms with Gasteiger partial charge in [-0.25, -0.2) is 0 Å². The van der Waals surface area contributed by atoms with Gasteiger partial charge in [0.2, 0.25) is 0 Å². The molecule has 2 N–H and O–H groups in total. The molecule has 0 aromatic heterocycles. The van der Waals surface area contributed by atoms with E-state index < -0.39 is 11.9 Å². The number of aliphatic hydroxyl groups is 1. The predicted molar refractivity (Wildman–Crippen MR) is 53.2 cm³/mol. The Kier molecular flexibility index (Phi) is 3.25. The SMILES string of the molecule is Cc1cc(CO)cc(C(C)C(=O)O)c1. The number of carboxylic acids is 1. The van der Waals surface area contributed by atoms with Crippen LogP contribution in [0.15, 0.2) is 18.2 Å². The van der Waals surface area contributed by atoms with Crippen LogP contribution in [0.2, 0.25) is 0 Å². The van der Waals surface area contributed by atoms with Crippen molar-refractivity contribution in [2.75, 3.05) is 0 Å². The minimum atomic E-state index is -0.848. The average molecular weight is 194 g/mol. The summed E-state index contributed by atoms with van der Waals surface area (Å²) in [4.78, 5) is 10.7. The van der Waals surface area contributed by atoms with Gasteiger partial charge in [0, 0.05) is 0 Å². The third kappa shape index (κ3) is 2.33. The van der Waals surface area contributed by atoms with Crippen molar-refractivity contribution in [3.63, 3.8) is 0 Å². The molecular formula is C11H14O3. The van der Waals surface area contributed by atoms with Gasteiger partial charge in [-0.3, -0.25) is 4.79 Å². The first-order valence-corrected chi connectivity index (χ1v) is 4.48. The molecule has 0 amide bonds. The van der Waals surface area contributed by atoms with Crippen LogP contribution in [0.1, 0.15) is 29.5 Å². The molecule has 0 spiro atoms. The molecule has 0 aliphatic heterocycles. The zero-order valence-corrected chi connectivity index (χ0v) is 8.32. The average Bonchev–Trinajstić information content (AvgIpc) is 2.15. The number of carbonyl (C=O) groups is 1. The first-order valence-electron chi connectivity index (χ1n) is 4.48. The second kappa shape index (κ2) is 4.24. The fraction of sp³-hybridized carbons (Fsp3) is 0.364. The van der Waals surface area contributed by atoms with Crippen LogP contribution in [0.3, 0.4) is 0 Å². The molecular weight excluding hydrogens is 180 g/mol. The summed E-state index contributed by atoms with van der Waals surface area (Å²) in [5.41, 5.74) is 2.47. The van der Waals surface area contributed by atoms with Gasteiger partial charge in [0.1, 0.15) is 0 Å². The summed E-state index contributed by atoms with van der Waals surface area (Å²) in [6.07, 6.45) is 0. The Hall–Kier alpha value is -1.35. The van der Waals surface area contributed by atoms with E-state index in [2.05, 4.69) is 0 Å². The number of benzene rings is 1. The van der Waals surface area contributed by atoms with Crippen molar-refractivity contribution in [2.45, 2.75) is 26.4 Å². The third-order valence-corrected chi connectivity index (χ3v) is 2.21. The number of aliphatic hydroxyl groups excluding tert-OH is 1. The normalized spacial score (nSPS) is 12.5. The van der Waals surface area contributed by atoms with Crippen LogP contribution in [0.5, 0.6) is 0 Å². The number of rotatable bonds is 3. The van der Waals surface area contributed by atoms with Crippen LogP contribution in [-0.4, -0.2) is 16.2 Å². The molecule has 0 fully saturated rings. The molecule has 0 radical (unpaired) electrons. The number of aryl methyl sites for hydroxylation is 1. The number of hydrogen-bond acceptors (Lipinski definition) is 2. The summed E-state index contributed by atoms with van der Waals surface area (Å²) < 4.78 is 0. The van der Waals surface area contributed by atoms with E-state index in [-0.39, 0.29) is 6.61 Å². The van der Waals surface area contributed by atoms with E-state index >= 15 is 0 Å². The van der Waals surface area contributed by atoms with E-state index in [4.69, 9.17) is 10.2 Å². The first-order chi connectivity index (χ1) is 6.54. The lowest BCUT2D eigenvalue weighted by Gasteiger charge is -2.09. The van der Waals surface area contributed by atoms with E-state index in [0.717, 1.165) is 16.7 Å². The maximum atomic E-state index is 10.7. The highest BCUT2D eigenvalue weighted by atomic mass is 16.4. The predicted octanol–water partition coefficient (Wildman–Crippen LogP) is 1.68. The molecule has 0 saturated heterocycles. The number of aliphatic carboxylic acids is 1. The van der Waals surface area contributed by atoms with Crippen LogP contribution in [0, 0.1) is 6.92 Å². The van der Waals surface area contributed by atoms with Crippen LogP contribution in [0.4, 0.5) is 0 Å². The summed E-state index contributed by atoms with van der Waals surface area (Å²) in [5, 5.41) is 17.8. The Morgan fingerprint density at radius 2 is 2.07 bits per heavy atom. The lowest BCUT2D eigenvalue weighted by atomic mass is 9.97. The quantitative estimate of drug-likeness (QED) is 0.769.